The second kappa shape index (κ2) is 4.65. The minimum absolute atomic E-state index is 0.891. The molecule has 15 heavy (non-hydrogen) atoms. The van der Waals surface area contributed by atoms with E-state index in [0.717, 1.165) is 13.0 Å². The third kappa shape index (κ3) is 2.59. The van der Waals surface area contributed by atoms with Gasteiger partial charge in [0.2, 0.25) is 0 Å². The fraction of sp³-hybridized carbons (Fsp3) is 0.143. The summed E-state index contributed by atoms with van der Waals surface area (Å²) in [5.41, 5.74) is 3.85. The van der Waals surface area contributed by atoms with Crippen molar-refractivity contribution in [1.82, 2.24) is 5.32 Å². The highest BCUT2D eigenvalue weighted by Crippen LogP contribution is 2.10. The van der Waals surface area contributed by atoms with Crippen molar-refractivity contribution in [3.05, 3.63) is 72.0 Å². The maximum Gasteiger partial charge on any atom is 0.0397 e. The largest absolute Gasteiger partial charge is 0.384 e. The number of benzene rings is 1. The summed E-state index contributed by atoms with van der Waals surface area (Å²) in [5, 5.41) is 3.39. The number of allylic oxidation sites excluding steroid dienone is 3. The molecule has 1 heteroatoms. The van der Waals surface area contributed by atoms with E-state index in [1.165, 1.54) is 16.8 Å². The molecule has 0 amide bonds. The second-order valence-electron chi connectivity index (χ2n) is 3.65. The molecule has 0 bridgehead atoms. The summed E-state index contributed by atoms with van der Waals surface area (Å²) in [5.74, 6) is 0. The lowest BCUT2D eigenvalue weighted by Crippen LogP contribution is -2.20. The first-order chi connectivity index (χ1) is 7.38. The Hall–Kier alpha value is -1.76. The van der Waals surface area contributed by atoms with Gasteiger partial charge in [0, 0.05) is 18.7 Å². The van der Waals surface area contributed by atoms with Crippen molar-refractivity contribution in [2.24, 2.45) is 0 Å². The van der Waals surface area contributed by atoms with Crippen LogP contribution in [0.3, 0.4) is 0 Å². The Morgan fingerprint density at radius 3 is 2.60 bits per heavy atom. The monoisotopic (exact) mass is 197 g/mol. The SMILES string of the molecule is C=CC1=CC=C(Cc2ccccc2)NC1. The Labute approximate surface area is 90.8 Å². The van der Waals surface area contributed by atoms with Crippen LogP contribution in [0.25, 0.3) is 0 Å². The molecule has 0 aliphatic carbocycles. The van der Waals surface area contributed by atoms with Crippen LogP contribution in [0.5, 0.6) is 0 Å². The molecule has 0 saturated carbocycles. The van der Waals surface area contributed by atoms with Crippen LogP contribution in [0.1, 0.15) is 5.56 Å². The summed E-state index contributed by atoms with van der Waals surface area (Å²) < 4.78 is 0. The summed E-state index contributed by atoms with van der Waals surface area (Å²) in [6.07, 6.45) is 7.12. The lowest BCUT2D eigenvalue weighted by Gasteiger charge is -2.15. The van der Waals surface area contributed by atoms with E-state index in [9.17, 15) is 0 Å². The molecule has 0 aromatic heterocycles. The van der Waals surface area contributed by atoms with Crippen molar-refractivity contribution in [1.29, 1.82) is 0 Å². The summed E-state index contributed by atoms with van der Waals surface area (Å²) >= 11 is 0. The molecule has 0 spiro atoms. The first kappa shape index (κ1) is 9.78. The third-order valence-electron chi connectivity index (χ3n) is 2.52. The van der Waals surface area contributed by atoms with Gasteiger partial charge in [-0.05, 0) is 17.2 Å². The standard InChI is InChI=1S/C14H15N/c1-2-12-8-9-14(15-11-12)10-13-6-4-3-5-7-13/h2-9,15H,1,10-11H2. The molecule has 2 rings (SSSR count). The minimum atomic E-state index is 0.891. The van der Waals surface area contributed by atoms with Gasteiger partial charge >= 0.3 is 0 Å². The zero-order chi connectivity index (χ0) is 10.5. The smallest absolute Gasteiger partial charge is 0.0397 e. The van der Waals surface area contributed by atoms with Gasteiger partial charge in [-0.1, -0.05) is 49.1 Å². The minimum Gasteiger partial charge on any atom is -0.384 e. The van der Waals surface area contributed by atoms with Crippen LogP contribution in [0.4, 0.5) is 0 Å². The molecule has 1 N–H and O–H groups in total. The van der Waals surface area contributed by atoms with Crippen LogP contribution in [0.15, 0.2) is 66.4 Å². The molecule has 0 fully saturated rings. The number of rotatable bonds is 3. The zero-order valence-electron chi connectivity index (χ0n) is 8.74. The Kier molecular flexibility index (Phi) is 3.03. The summed E-state index contributed by atoms with van der Waals surface area (Å²) in [4.78, 5) is 0. The number of hydrogen-bond acceptors (Lipinski definition) is 1. The van der Waals surface area contributed by atoms with Gasteiger partial charge in [0.15, 0.2) is 0 Å². The molecule has 1 nitrogen and oxygen atoms in total. The van der Waals surface area contributed by atoms with Crippen molar-refractivity contribution in [2.45, 2.75) is 6.42 Å². The molecule has 1 aromatic carbocycles. The lowest BCUT2D eigenvalue weighted by molar-refractivity contribution is 0.828. The van der Waals surface area contributed by atoms with Gasteiger partial charge in [-0.25, -0.2) is 0 Å². The molecular weight excluding hydrogens is 182 g/mol. The van der Waals surface area contributed by atoms with Crippen molar-refractivity contribution in [3.63, 3.8) is 0 Å². The molecule has 0 radical (unpaired) electrons. The Bertz CT molecular complexity index is 399. The van der Waals surface area contributed by atoms with Crippen LogP contribution >= 0.6 is 0 Å². The maximum absolute atomic E-state index is 3.76. The van der Waals surface area contributed by atoms with Gasteiger partial charge in [0.1, 0.15) is 0 Å². The lowest BCUT2D eigenvalue weighted by atomic mass is 10.1. The van der Waals surface area contributed by atoms with Crippen LogP contribution < -0.4 is 5.32 Å². The van der Waals surface area contributed by atoms with Crippen LogP contribution in [0, 0.1) is 0 Å². The normalized spacial score (nSPS) is 14.9. The van der Waals surface area contributed by atoms with Gasteiger partial charge in [-0.3, -0.25) is 0 Å². The highest BCUT2D eigenvalue weighted by atomic mass is 14.9. The van der Waals surface area contributed by atoms with E-state index in [1.54, 1.807) is 0 Å². The molecule has 76 valence electrons. The molecule has 0 atom stereocenters. The van der Waals surface area contributed by atoms with Crippen molar-refractivity contribution >= 4 is 0 Å². The molecule has 0 saturated heterocycles. The Morgan fingerprint density at radius 2 is 2.00 bits per heavy atom. The predicted octanol–water partition coefficient (Wildman–Crippen LogP) is 2.83. The van der Waals surface area contributed by atoms with Gasteiger partial charge in [-0.2, -0.15) is 0 Å². The van der Waals surface area contributed by atoms with Gasteiger partial charge in [-0.15, -0.1) is 0 Å². The molecule has 0 unspecified atom stereocenters. The van der Waals surface area contributed by atoms with Crippen LogP contribution in [-0.2, 0) is 6.42 Å². The summed E-state index contributed by atoms with van der Waals surface area (Å²) in [6, 6.07) is 10.5. The summed E-state index contributed by atoms with van der Waals surface area (Å²) in [7, 11) is 0. The number of hydrogen-bond donors (Lipinski definition) is 1. The van der Waals surface area contributed by atoms with E-state index in [1.807, 2.05) is 12.1 Å². The predicted molar refractivity (Wildman–Crippen MR) is 64.5 cm³/mol. The first-order valence-electron chi connectivity index (χ1n) is 5.18. The fourth-order valence-corrected chi connectivity index (χ4v) is 1.62. The Morgan fingerprint density at radius 1 is 1.20 bits per heavy atom. The molecular formula is C14H15N. The third-order valence-corrected chi connectivity index (χ3v) is 2.52. The second-order valence-corrected chi connectivity index (χ2v) is 3.65. The van der Waals surface area contributed by atoms with E-state index in [4.69, 9.17) is 0 Å². The van der Waals surface area contributed by atoms with E-state index < -0.39 is 0 Å². The Balaban J connectivity index is 2.06. The zero-order valence-corrected chi connectivity index (χ0v) is 8.74. The maximum atomic E-state index is 3.76. The van der Waals surface area contributed by atoms with Crippen molar-refractivity contribution in [3.8, 4) is 0 Å². The van der Waals surface area contributed by atoms with E-state index >= 15 is 0 Å². The van der Waals surface area contributed by atoms with E-state index in [0.29, 0.717) is 0 Å². The van der Waals surface area contributed by atoms with Gasteiger partial charge in [0.05, 0.1) is 0 Å². The molecule has 1 aromatic rings. The summed E-state index contributed by atoms with van der Waals surface area (Å²) in [6.45, 7) is 4.65. The topological polar surface area (TPSA) is 12.0 Å². The molecule has 1 aliphatic rings. The highest BCUT2D eigenvalue weighted by molar-refractivity contribution is 5.32. The van der Waals surface area contributed by atoms with Crippen molar-refractivity contribution < 1.29 is 0 Å². The van der Waals surface area contributed by atoms with E-state index in [-0.39, 0.29) is 0 Å². The van der Waals surface area contributed by atoms with Crippen LogP contribution in [0.2, 0.25) is 0 Å². The fourth-order valence-electron chi connectivity index (χ4n) is 1.62. The average molecular weight is 197 g/mol. The van der Waals surface area contributed by atoms with Crippen LogP contribution in [-0.4, -0.2) is 6.54 Å². The number of dihydropyridines is 1. The van der Waals surface area contributed by atoms with E-state index in [2.05, 4.69) is 48.3 Å². The van der Waals surface area contributed by atoms with Gasteiger partial charge in [0.25, 0.3) is 0 Å². The highest BCUT2D eigenvalue weighted by Gasteiger charge is 2.03. The molecule has 1 aliphatic heterocycles. The van der Waals surface area contributed by atoms with Gasteiger partial charge < -0.3 is 5.32 Å². The quantitative estimate of drug-likeness (QED) is 0.785. The average Bonchev–Trinajstić information content (AvgIpc) is 2.31. The van der Waals surface area contributed by atoms with Crippen molar-refractivity contribution in [2.75, 3.05) is 6.54 Å². The first-order valence-corrected chi connectivity index (χ1v) is 5.18. The molecule has 1 heterocycles. The number of nitrogens with one attached hydrogen (secondary N) is 1.